The van der Waals surface area contributed by atoms with Gasteiger partial charge in [0.25, 0.3) is 0 Å². The van der Waals surface area contributed by atoms with E-state index in [4.69, 9.17) is 15.0 Å². The fourth-order valence-electron chi connectivity index (χ4n) is 15.3. The zero-order valence-corrected chi connectivity index (χ0v) is 46.8. The molecule has 0 atom stereocenters. The molecule has 0 saturated heterocycles. The van der Waals surface area contributed by atoms with E-state index in [1.54, 1.807) is 0 Å². The first kappa shape index (κ1) is 48.4. The molecular formula is C83H51N3. The minimum atomic E-state index is -0.503. The Bertz CT molecular complexity index is 4660. The van der Waals surface area contributed by atoms with Gasteiger partial charge in [0, 0.05) is 16.7 Å². The van der Waals surface area contributed by atoms with Crippen molar-refractivity contribution in [1.29, 1.82) is 0 Å². The summed E-state index contributed by atoms with van der Waals surface area (Å²) in [6.45, 7) is 0. The lowest BCUT2D eigenvalue weighted by Crippen LogP contribution is -2.25. The molecule has 4 aliphatic carbocycles. The second-order valence-electron chi connectivity index (χ2n) is 23.3. The van der Waals surface area contributed by atoms with Crippen molar-refractivity contribution in [3.8, 4) is 123 Å². The summed E-state index contributed by atoms with van der Waals surface area (Å²) in [6, 6.07) is 114. The van der Waals surface area contributed by atoms with E-state index in [2.05, 4.69) is 309 Å². The van der Waals surface area contributed by atoms with Gasteiger partial charge in [-0.1, -0.05) is 279 Å². The van der Waals surface area contributed by atoms with Gasteiger partial charge in [0.1, 0.15) is 0 Å². The Kier molecular flexibility index (Phi) is 10.5. The maximum atomic E-state index is 5.50. The lowest BCUT2D eigenvalue weighted by atomic mass is 9.70. The highest BCUT2D eigenvalue weighted by molar-refractivity contribution is 5.98. The zero-order valence-electron chi connectivity index (χ0n) is 46.8. The van der Waals surface area contributed by atoms with Gasteiger partial charge in [0.05, 0.1) is 10.8 Å². The third-order valence-electron chi connectivity index (χ3n) is 19.0. The van der Waals surface area contributed by atoms with Crippen molar-refractivity contribution >= 4 is 0 Å². The average Bonchev–Trinajstić information content (AvgIpc) is 1.54. The molecule has 13 aromatic carbocycles. The van der Waals surface area contributed by atoms with Crippen molar-refractivity contribution < 1.29 is 0 Å². The number of hydrogen-bond donors (Lipinski definition) is 0. The molecule has 3 heteroatoms. The van der Waals surface area contributed by atoms with Crippen molar-refractivity contribution in [1.82, 2.24) is 15.0 Å². The highest BCUT2D eigenvalue weighted by atomic mass is 15.0. The van der Waals surface area contributed by atoms with Crippen LogP contribution in [0.15, 0.2) is 309 Å². The first-order valence-electron chi connectivity index (χ1n) is 29.7. The van der Waals surface area contributed by atoms with E-state index in [0.29, 0.717) is 17.5 Å². The van der Waals surface area contributed by atoms with Crippen molar-refractivity contribution in [2.24, 2.45) is 0 Å². The Morgan fingerprint density at radius 1 is 0.151 bits per heavy atom. The number of aromatic nitrogens is 3. The number of rotatable bonds is 7. The fourth-order valence-corrected chi connectivity index (χ4v) is 15.3. The summed E-state index contributed by atoms with van der Waals surface area (Å²) in [7, 11) is 0. The van der Waals surface area contributed by atoms with E-state index in [9.17, 15) is 0 Å². The summed E-state index contributed by atoms with van der Waals surface area (Å²) in [6.07, 6.45) is 0. The predicted octanol–water partition coefficient (Wildman–Crippen LogP) is 20.2. The third-order valence-corrected chi connectivity index (χ3v) is 19.0. The Morgan fingerprint density at radius 2 is 0.384 bits per heavy atom. The van der Waals surface area contributed by atoms with Gasteiger partial charge >= 0.3 is 0 Å². The van der Waals surface area contributed by atoms with Crippen LogP contribution in [0.4, 0.5) is 0 Å². The van der Waals surface area contributed by atoms with E-state index in [1.807, 2.05) is 0 Å². The largest absolute Gasteiger partial charge is 0.208 e. The zero-order chi connectivity index (χ0) is 56.5. The Morgan fingerprint density at radius 3 is 0.709 bits per heavy atom. The molecule has 18 rings (SSSR count). The van der Waals surface area contributed by atoms with Crippen LogP contribution in [0.2, 0.25) is 0 Å². The van der Waals surface area contributed by atoms with E-state index < -0.39 is 10.8 Å². The second-order valence-corrected chi connectivity index (χ2v) is 23.3. The van der Waals surface area contributed by atoms with Crippen LogP contribution >= 0.6 is 0 Å². The normalized spacial score (nSPS) is 13.5. The topological polar surface area (TPSA) is 38.7 Å². The van der Waals surface area contributed by atoms with Crippen LogP contribution in [-0.2, 0) is 10.8 Å². The molecule has 0 fully saturated rings. The molecule has 0 amide bonds. The molecule has 398 valence electrons. The van der Waals surface area contributed by atoms with Gasteiger partial charge < -0.3 is 0 Å². The number of nitrogens with zero attached hydrogens (tertiary/aromatic N) is 3. The molecular weight excluding hydrogens is 1040 g/mol. The molecule has 14 aromatic rings. The SMILES string of the molecule is c1ccc(-c2ccc(-c3nc(-c4ccc(-c5ccccc5)cc4)nc(-c4cc(-c5ccc6c(c5)C5(c7ccccc7-c7ccccc75)c5ccccc5-6)cc(-c5ccc6c(c5)C5(c7ccccc7-c7ccccc75)c5ccccc5-6)c4)n3)cc2)cc1. The highest BCUT2D eigenvalue weighted by Crippen LogP contribution is 2.65. The molecule has 1 aromatic heterocycles. The summed E-state index contributed by atoms with van der Waals surface area (Å²) in [4.78, 5) is 16.3. The Balaban J connectivity index is 0.873. The molecule has 3 nitrogen and oxygen atoms in total. The summed E-state index contributed by atoms with van der Waals surface area (Å²) < 4.78 is 0. The lowest BCUT2D eigenvalue weighted by Gasteiger charge is -2.31. The maximum Gasteiger partial charge on any atom is 0.164 e. The van der Waals surface area contributed by atoms with Crippen molar-refractivity contribution in [2.75, 3.05) is 0 Å². The van der Waals surface area contributed by atoms with Gasteiger partial charge in [-0.2, -0.15) is 0 Å². The minimum absolute atomic E-state index is 0.503. The standard InChI is InChI=1S/C83H51N3/c1-3-19-52(20-4-1)54-35-39-56(40-36-54)79-84-80(57-41-37-55(38-42-57)53-21-5-2-6-22-53)86-81(85-79)62-48-60(58-43-45-69-67-27-11-17-33-75(67)82(77(69)50-58)71-29-13-7-23-63(71)64-24-8-14-30-72(64)82)47-61(49-62)59-44-46-70-68-28-12-18-34-76(68)83(78(70)51-59)73-31-15-9-25-65(73)66-26-10-16-32-74(66)83/h1-51H. The maximum absolute atomic E-state index is 5.50. The van der Waals surface area contributed by atoms with Crippen molar-refractivity contribution in [3.63, 3.8) is 0 Å². The first-order valence-corrected chi connectivity index (χ1v) is 29.7. The van der Waals surface area contributed by atoms with Crippen LogP contribution in [0, 0.1) is 0 Å². The van der Waals surface area contributed by atoms with E-state index in [1.165, 1.54) is 89.0 Å². The third kappa shape index (κ3) is 6.94. The van der Waals surface area contributed by atoms with E-state index in [-0.39, 0.29) is 0 Å². The van der Waals surface area contributed by atoms with Crippen LogP contribution in [-0.4, -0.2) is 15.0 Å². The molecule has 0 N–H and O–H groups in total. The van der Waals surface area contributed by atoms with Gasteiger partial charge in [-0.25, -0.2) is 15.0 Å². The number of hydrogen-bond acceptors (Lipinski definition) is 3. The quantitative estimate of drug-likeness (QED) is 0.160. The molecule has 0 bridgehead atoms. The van der Waals surface area contributed by atoms with Crippen molar-refractivity contribution in [2.45, 2.75) is 10.8 Å². The predicted molar refractivity (Wildman–Crippen MR) is 350 cm³/mol. The molecule has 86 heavy (non-hydrogen) atoms. The van der Waals surface area contributed by atoms with Crippen LogP contribution in [0.25, 0.3) is 123 Å². The average molecular weight is 1090 g/mol. The van der Waals surface area contributed by atoms with Crippen LogP contribution < -0.4 is 0 Å². The van der Waals surface area contributed by atoms with Crippen molar-refractivity contribution in [3.05, 3.63) is 354 Å². The number of fused-ring (bicyclic) bond motifs is 20. The van der Waals surface area contributed by atoms with Crippen LogP contribution in [0.3, 0.4) is 0 Å². The molecule has 1 heterocycles. The number of benzene rings is 13. The smallest absolute Gasteiger partial charge is 0.164 e. The summed E-state index contributed by atoms with van der Waals surface area (Å²) in [5, 5.41) is 0. The molecule has 0 saturated carbocycles. The van der Waals surface area contributed by atoms with Gasteiger partial charge in [-0.15, -0.1) is 0 Å². The summed E-state index contributed by atoms with van der Waals surface area (Å²) in [5.74, 6) is 1.81. The summed E-state index contributed by atoms with van der Waals surface area (Å²) in [5.41, 5.74) is 31.4. The highest BCUT2D eigenvalue weighted by Gasteiger charge is 2.53. The molecule has 2 spiro atoms. The van der Waals surface area contributed by atoms with Crippen LogP contribution in [0.1, 0.15) is 44.5 Å². The minimum Gasteiger partial charge on any atom is -0.208 e. The molecule has 0 radical (unpaired) electrons. The van der Waals surface area contributed by atoms with Gasteiger partial charge in [-0.3, -0.25) is 0 Å². The Labute approximate surface area is 500 Å². The van der Waals surface area contributed by atoms with Crippen LogP contribution in [0.5, 0.6) is 0 Å². The van der Waals surface area contributed by atoms with Gasteiger partial charge in [0.15, 0.2) is 17.5 Å². The van der Waals surface area contributed by atoms with E-state index >= 15 is 0 Å². The van der Waals surface area contributed by atoms with Gasteiger partial charge in [0.2, 0.25) is 0 Å². The second kappa shape index (κ2) is 18.7. The molecule has 4 aliphatic rings. The Hall–Kier alpha value is -11.1. The molecule has 0 unspecified atom stereocenters. The summed E-state index contributed by atoms with van der Waals surface area (Å²) >= 11 is 0. The first-order chi connectivity index (χ1) is 42.6. The fraction of sp³-hybridized carbons (Fsp3) is 0.0241. The monoisotopic (exact) mass is 1090 g/mol. The van der Waals surface area contributed by atoms with Gasteiger partial charge in [-0.05, 0) is 164 Å². The molecule has 0 aliphatic heterocycles. The lowest BCUT2D eigenvalue weighted by molar-refractivity contribution is 0.794. The van der Waals surface area contributed by atoms with E-state index in [0.717, 1.165) is 61.2 Å².